The Hall–Kier alpha value is -2.28. The average Bonchev–Trinajstić information content (AvgIpc) is 3.40. The van der Waals surface area contributed by atoms with Crippen LogP contribution in [0.4, 0.5) is 0 Å². The average molecular weight is 425 g/mol. The van der Waals surface area contributed by atoms with Crippen LogP contribution in [0.2, 0.25) is 0 Å². The SMILES string of the molecule is CC(=O)[C@@H](Cc1ccccc1)NC(=O)CN1CCc2sccc2[C@H]1c1cccs1. The molecule has 0 radical (unpaired) electrons. The fourth-order valence-electron chi connectivity index (χ4n) is 3.89. The minimum Gasteiger partial charge on any atom is -0.345 e. The Morgan fingerprint density at radius 2 is 1.93 bits per heavy atom. The van der Waals surface area contributed by atoms with E-state index >= 15 is 0 Å². The second kappa shape index (κ2) is 9.03. The van der Waals surface area contributed by atoms with Gasteiger partial charge in [0.1, 0.15) is 0 Å². The number of thiophene rings is 2. The summed E-state index contributed by atoms with van der Waals surface area (Å²) >= 11 is 3.52. The maximum absolute atomic E-state index is 12.9. The summed E-state index contributed by atoms with van der Waals surface area (Å²) in [5.41, 5.74) is 2.36. The van der Waals surface area contributed by atoms with Crippen LogP contribution in [-0.2, 0) is 22.4 Å². The van der Waals surface area contributed by atoms with Crippen LogP contribution in [0.3, 0.4) is 0 Å². The van der Waals surface area contributed by atoms with Crippen molar-refractivity contribution < 1.29 is 9.59 Å². The molecule has 2 atom stereocenters. The Labute approximate surface area is 179 Å². The van der Waals surface area contributed by atoms with Crippen LogP contribution >= 0.6 is 22.7 Å². The van der Waals surface area contributed by atoms with E-state index in [1.54, 1.807) is 29.6 Å². The van der Waals surface area contributed by atoms with Crippen LogP contribution in [0.5, 0.6) is 0 Å². The van der Waals surface area contributed by atoms with E-state index in [4.69, 9.17) is 0 Å². The lowest BCUT2D eigenvalue weighted by Gasteiger charge is -2.35. The van der Waals surface area contributed by atoms with Gasteiger partial charge < -0.3 is 5.32 Å². The van der Waals surface area contributed by atoms with Gasteiger partial charge in [-0.1, -0.05) is 36.4 Å². The number of fused-ring (bicyclic) bond motifs is 1. The highest BCUT2D eigenvalue weighted by Gasteiger charge is 2.32. The second-order valence-electron chi connectivity index (χ2n) is 7.36. The van der Waals surface area contributed by atoms with Gasteiger partial charge >= 0.3 is 0 Å². The summed E-state index contributed by atoms with van der Waals surface area (Å²) in [5.74, 6) is -0.114. The largest absolute Gasteiger partial charge is 0.345 e. The summed E-state index contributed by atoms with van der Waals surface area (Å²) in [6, 6.07) is 15.8. The zero-order chi connectivity index (χ0) is 20.2. The topological polar surface area (TPSA) is 49.4 Å². The number of nitrogens with zero attached hydrogens (tertiary/aromatic N) is 1. The number of carbonyl (C=O) groups excluding carboxylic acids is 2. The molecule has 1 aromatic carbocycles. The summed E-state index contributed by atoms with van der Waals surface area (Å²) in [6.45, 7) is 2.67. The molecule has 0 aliphatic carbocycles. The van der Waals surface area contributed by atoms with Crippen molar-refractivity contribution in [1.82, 2.24) is 10.2 Å². The molecule has 1 amide bonds. The molecule has 0 spiro atoms. The van der Waals surface area contributed by atoms with Gasteiger partial charge in [-0.05, 0) is 53.8 Å². The third-order valence-electron chi connectivity index (χ3n) is 5.33. The first-order valence-corrected chi connectivity index (χ1v) is 11.5. The summed E-state index contributed by atoms with van der Waals surface area (Å²) in [5, 5.41) is 7.19. The molecule has 3 aromatic rings. The maximum Gasteiger partial charge on any atom is 0.234 e. The molecule has 3 heterocycles. The second-order valence-corrected chi connectivity index (χ2v) is 9.34. The van der Waals surface area contributed by atoms with E-state index in [9.17, 15) is 9.59 Å². The molecular weight excluding hydrogens is 400 g/mol. The lowest BCUT2D eigenvalue weighted by atomic mass is 9.98. The molecule has 4 rings (SSSR count). The predicted octanol–water partition coefficient (Wildman–Crippen LogP) is 4.07. The molecule has 0 saturated heterocycles. The van der Waals surface area contributed by atoms with Crippen LogP contribution in [0, 0.1) is 0 Å². The Bertz CT molecular complexity index is 966. The Morgan fingerprint density at radius 1 is 1.10 bits per heavy atom. The molecule has 0 fully saturated rings. The molecule has 29 heavy (non-hydrogen) atoms. The number of Topliss-reactive ketones (excluding diaryl/α,β-unsaturated/α-hetero) is 1. The van der Waals surface area contributed by atoms with E-state index in [1.807, 2.05) is 30.3 Å². The van der Waals surface area contributed by atoms with Gasteiger partial charge in [0, 0.05) is 16.3 Å². The van der Waals surface area contributed by atoms with E-state index in [0.717, 1.165) is 18.5 Å². The first-order chi connectivity index (χ1) is 14.1. The maximum atomic E-state index is 12.9. The van der Waals surface area contributed by atoms with Gasteiger partial charge in [-0.25, -0.2) is 0 Å². The number of benzene rings is 1. The zero-order valence-corrected chi connectivity index (χ0v) is 18.0. The van der Waals surface area contributed by atoms with Crippen molar-refractivity contribution in [3.63, 3.8) is 0 Å². The zero-order valence-electron chi connectivity index (χ0n) is 16.3. The number of hydrogen-bond acceptors (Lipinski definition) is 5. The van der Waals surface area contributed by atoms with Gasteiger partial charge in [-0.2, -0.15) is 0 Å². The van der Waals surface area contributed by atoms with Crippen molar-refractivity contribution in [2.75, 3.05) is 13.1 Å². The molecule has 4 nitrogen and oxygen atoms in total. The molecule has 6 heteroatoms. The lowest BCUT2D eigenvalue weighted by molar-refractivity contribution is -0.127. The molecule has 2 aromatic heterocycles. The van der Waals surface area contributed by atoms with Crippen LogP contribution in [0.25, 0.3) is 0 Å². The number of rotatable bonds is 7. The van der Waals surface area contributed by atoms with Gasteiger partial charge in [0.2, 0.25) is 5.91 Å². The standard InChI is InChI=1S/C23H24N2O2S2/c1-16(26)19(14-17-6-3-2-4-7-17)24-22(27)15-25-11-9-20-18(10-13-29-20)23(25)21-8-5-12-28-21/h2-8,10,12-13,19,23H,9,11,14-15H2,1H3,(H,24,27)/t19-,23+/m1/s1. The smallest absolute Gasteiger partial charge is 0.234 e. The van der Waals surface area contributed by atoms with Crippen molar-refractivity contribution in [3.05, 3.63) is 80.2 Å². The van der Waals surface area contributed by atoms with Crippen LogP contribution < -0.4 is 5.32 Å². The van der Waals surface area contributed by atoms with Crippen molar-refractivity contribution in [2.24, 2.45) is 0 Å². The van der Waals surface area contributed by atoms with Gasteiger partial charge in [-0.15, -0.1) is 22.7 Å². The van der Waals surface area contributed by atoms with E-state index in [-0.39, 0.29) is 24.3 Å². The van der Waals surface area contributed by atoms with E-state index < -0.39 is 6.04 Å². The van der Waals surface area contributed by atoms with E-state index in [2.05, 4.69) is 39.2 Å². The highest BCUT2D eigenvalue weighted by molar-refractivity contribution is 7.10. The summed E-state index contributed by atoms with van der Waals surface area (Å²) < 4.78 is 0. The monoisotopic (exact) mass is 424 g/mol. The third kappa shape index (κ3) is 4.66. The minimum absolute atomic E-state index is 0.0178. The van der Waals surface area contributed by atoms with E-state index in [0.29, 0.717) is 6.42 Å². The number of nitrogens with one attached hydrogen (secondary N) is 1. The molecule has 0 unspecified atom stereocenters. The predicted molar refractivity (Wildman–Crippen MR) is 119 cm³/mol. The molecular formula is C23H24N2O2S2. The first-order valence-electron chi connectivity index (χ1n) is 9.79. The molecule has 1 aliphatic rings. The summed E-state index contributed by atoms with van der Waals surface area (Å²) in [4.78, 5) is 29.9. The Morgan fingerprint density at radius 3 is 2.66 bits per heavy atom. The number of carbonyl (C=O) groups is 2. The van der Waals surface area contributed by atoms with Crippen LogP contribution in [-0.4, -0.2) is 35.7 Å². The summed E-state index contributed by atoms with van der Waals surface area (Å²) in [7, 11) is 0. The number of amides is 1. The normalized spacial score (nSPS) is 17.5. The van der Waals surface area contributed by atoms with Crippen LogP contribution in [0.15, 0.2) is 59.3 Å². The lowest BCUT2D eigenvalue weighted by Crippen LogP contribution is -2.48. The third-order valence-corrected chi connectivity index (χ3v) is 7.25. The quantitative estimate of drug-likeness (QED) is 0.622. The molecule has 1 aliphatic heterocycles. The molecule has 1 N–H and O–H groups in total. The first kappa shape index (κ1) is 20.0. The van der Waals surface area contributed by atoms with Gasteiger partial charge in [-0.3, -0.25) is 14.5 Å². The van der Waals surface area contributed by atoms with Crippen molar-refractivity contribution in [1.29, 1.82) is 0 Å². The van der Waals surface area contributed by atoms with Gasteiger partial charge in [0.15, 0.2) is 5.78 Å². The molecule has 0 bridgehead atoms. The Balaban J connectivity index is 1.47. The molecule has 0 saturated carbocycles. The van der Waals surface area contributed by atoms with Crippen molar-refractivity contribution >= 4 is 34.4 Å². The van der Waals surface area contributed by atoms with Gasteiger partial charge in [0.05, 0.1) is 18.6 Å². The fraction of sp³-hybridized carbons (Fsp3) is 0.304. The fourth-order valence-corrected chi connectivity index (χ4v) is 5.67. The Kier molecular flexibility index (Phi) is 6.23. The van der Waals surface area contributed by atoms with Gasteiger partial charge in [0.25, 0.3) is 0 Å². The highest BCUT2D eigenvalue weighted by Crippen LogP contribution is 2.39. The summed E-state index contributed by atoms with van der Waals surface area (Å²) in [6.07, 6.45) is 1.48. The molecule has 150 valence electrons. The van der Waals surface area contributed by atoms with Crippen molar-refractivity contribution in [2.45, 2.75) is 31.8 Å². The number of hydrogen-bond donors (Lipinski definition) is 1. The van der Waals surface area contributed by atoms with E-state index in [1.165, 1.54) is 15.3 Å². The van der Waals surface area contributed by atoms with Crippen molar-refractivity contribution in [3.8, 4) is 0 Å². The number of ketones is 1. The highest BCUT2D eigenvalue weighted by atomic mass is 32.1. The van der Waals surface area contributed by atoms with Crippen LogP contribution in [0.1, 0.15) is 33.8 Å². The minimum atomic E-state index is -0.494.